The monoisotopic (exact) mass is 285 g/mol. The Bertz CT molecular complexity index is 569. The number of benzene rings is 1. The Balaban J connectivity index is 2.38. The molecule has 5 heteroatoms. The van der Waals surface area contributed by atoms with Gasteiger partial charge in [0.15, 0.2) is 17.5 Å². The molecule has 2 aromatic rings. The molecule has 2 N–H and O–H groups in total. The van der Waals surface area contributed by atoms with Crippen molar-refractivity contribution in [3.05, 3.63) is 46.6 Å². The highest BCUT2D eigenvalue weighted by atomic mass is 32.1. The minimum absolute atomic E-state index is 0.117. The van der Waals surface area contributed by atoms with Crippen LogP contribution in [0.5, 0.6) is 0 Å². The fourth-order valence-electron chi connectivity index (χ4n) is 1.71. The van der Waals surface area contributed by atoms with E-state index in [9.17, 15) is 13.2 Å². The van der Waals surface area contributed by atoms with Crippen molar-refractivity contribution in [1.29, 1.82) is 0 Å². The zero-order valence-corrected chi connectivity index (χ0v) is 11.4. The third-order valence-corrected chi connectivity index (χ3v) is 4.18. The summed E-state index contributed by atoms with van der Waals surface area (Å²) in [7, 11) is 0. The van der Waals surface area contributed by atoms with E-state index < -0.39 is 17.5 Å². The molecule has 0 radical (unpaired) electrons. The molecule has 0 aliphatic heterocycles. The van der Waals surface area contributed by atoms with E-state index in [-0.39, 0.29) is 12.0 Å². The normalized spacial score (nSPS) is 13.0. The summed E-state index contributed by atoms with van der Waals surface area (Å²) in [4.78, 5) is 1.61. The molecule has 1 aromatic heterocycles. The van der Waals surface area contributed by atoms with E-state index in [2.05, 4.69) is 0 Å². The van der Waals surface area contributed by atoms with Crippen LogP contribution in [-0.2, 0) is 0 Å². The molecule has 0 fully saturated rings. The Kier molecular flexibility index (Phi) is 3.96. The fourth-order valence-corrected chi connectivity index (χ4v) is 2.88. The third kappa shape index (κ3) is 2.82. The number of nitrogens with two attached hydrogens (primary N) is 1. The Labute approximate surface area is 113 Å². The van der Waals surface area contributed by atoms with Crippen LogP contribution in [0.25, 0.3) is 10.4 Å². The van der Waals surface area contributed by atoms with Gasteiger partial charge in [-0.2, -0.15) is 0 Å². The summed E-state index contributed by atoms with van der Waals surface area (Å²) in [6.45, 7) is 4.00. The SMILES string of the molecule is CC(C)C(N)c1ccc(-c2cc(F)c(F)c(F)c2)s1. The molecule has 102 valence electrons. The average molecular weight is 285 g/mol. The molecule has 0 spiro atoms. The average Bonchev–Trinajstić information content (AvgIpc) is 2.83. The first-order chi connectivity index (χ1) is 8.90. The first-order valence-corrected chi connectivity index (χ1v) is 6.72. The van der Waals surface area contributed by atoms with E-state index in [1.807, 2.05) is 19.9 Å². The van der Waals surface area contributed by atoms with Gasteiger partial charge in [-0.15, -0.1) is 11.3 Å². The summed E-state index contributed by atoms with van der Waals surface area (Å²) in [5.74, 6) is -3.54. The Morgan fingerprint density at radius 2 is 1.63 bits per heavy atom. The maximum atomic E-state index is 13.2. The van der Waals surface area contributed by atoms with Crippen LogP contribution in [0.3, 0.4) is 0 Å². The van der Waals surface area contributed by atoms with Gasteiger partial charge >= 0.3 is 0 Å². The van der Waals surface area contributed by atoms with Gasteiger partial charge in [0.05, 0.1) is 0 Å². The molecule has 1 aromatic carbocycles. The van der Waals surface area contributed by atoms with Crippen LogP contribution in [0.1, 0.15) is 24.8 Å². The van der Waals surface area contributed by atoms with Gasteiger partial charge in [0, 0.05) is 15.8 Å². The largest absolute Gasteiger partial charge is 0.323 e. The lowest BCUT2D eigenvalue weighted by molar-refractivity contribution is 0.448. The molecule has 0 saturated carbocycles. The Hall–Kier alpha value is -1.33. The molecule has 0 amide bonds. The summed E-state index contributed by atoms with van der Waals surface area (Å²) >= 11 is 1.36. The summed E-state index contributed by atoms with van der Waals surface area (Å²) in [5.41, 5.74) is 6.34. The first-order valence-electron chi connectivity index (χ1n) is 5.90. The van der Waals surface area contributed by atoms with Crippen LogP contribution in [0.15, 0.2) is 24.3 Å². The van der Waals surface area contributed by atoms with Crippen LogP contribution in [0.2, 0.25) is 0 Å². The second-order valence-electron chi connectivity index (χ2n) is 4.73. The Morgan fingerprint density at radius 3 is 2.16 bits per heavy atom. The number of rotatable bonds is 3. The van der Waals surface area contributed by atoms with E-state index in [1.54, 1.807) is 6.07 Å². The summed E-state index contributed by atoms with van der Waals surface area (Å²) in [6, 6.07) is 5.45. The van der Waals surface area contributed by atoms with Crippen molar-refractivity contribution >= 4 is 11.3 Å². The zero-order valence-electron chi connectivity index (χ0n) is 10.6. The maximum absolute atomic E-state index is 13.2. The van der Waals surface area contributed by atoms with Gasteiger partial charge in [-0.1, -0.05) is 13.8 Å². The number of hydrogen-bond donors (Lipinski definition) is 1. The van der Waals surface area contributed by atoms with Crippen LogP contribution < -0.4 is 5.73 Å². The molecule has 1 nitrogen and oxygen atoms in total. The van der Waals surface area contributed by atoms with Crippen molar-refractivity contribution in [1.82, 2.24) is 0 Å². The fraction of sp³-hybridized carbons (Fsp3) is 0.286. The van der Waals surface area contributed by atoms with Crippen molar-refractivity contribution in [3.63, 3.8) is 0 Å². The van der Waals surface area contributed by atoms with Gasteiger partial charge in [-0.05, 0) is 35.7 Å². The number of thiophene rings is 1. The second kappa shape index (κ2) is 5.35. The van der Waals surface area contributed by atoms with Gasteiger partial charge < -0.3 is 5.73 Å². The van der Waals surface area contributed by atoms with Crippen LogP contribution in [-0.4, -0.2) is 0 Å². The van der Waals surface area contributed by atoms with Crippen molar-refractivity contribution in [2.45, 2.75) is 19.9 Å². The van der Waals surface area contributed by atoms with Crippen molar-refractivity contribution in [2.75, 3.05) is 0 Å². The van der Waals surface area contributed by atoms with Crippen molar-refractivity contribution in [2.24, 2.45) is 11.7 Å². The van der Waals surface area contributed by atoms with Gasteiger partial charge in [-0.25, -0.2) is 13.2 Å². The molecule has 0 aliphatic carbocycles. The number of hydrogen-bond acceptors (Lipinski definition) is 2. The molecule has 0 saturated heterocycles. The summed E-state index contributed by atoms with van der Waals surface area (Å²) in [5, 5.41) is 0. The molecular formula is C14H14F3NS. The predicted molar refractivity (Wildman–Crippen MR) is 71.4 cm³/mol. The van der Waals surface area contributed by atoms with Crippen molar-refractivity contribution < 1.29 is 13.2 Å². The zero-order chi connectivity index (χ0) is 14.2. The number of halogens is 3. The quantitative estimate of drug-likeness (QED) is 0.826. The minimum atomic E-state index is -1.44. The van der Waals surface area contributed by atoms with Crippen LogP contribution >= 0.6 is 11.3 Å². The summed E-state index contributed by atoms with van der Waals surface area (Å²) in [6.07, 6.45) is 0. The van der Waals surface area contributed by atoms with Gasteiger partial charge in [0.1, 0.15) is 0 Å². The highest BCUT2D eigenvalue weighted by Crippen LogP contribution is 2.34. The second-order valence-corrected chi connectivity index (χ2v) is 5.84. The summed E-state index contributed by atoms with van der Waals surface area (Å²) < 4.78 is 39.3. The Morgan fingerprint density at radius 1 is 1.05 bits per heavy atom. The smallest absolute Gasteiger partial charge is 0.194 e. The standard InChI is InChI=1S/C14H14F3NS/c1-7(2)14(18)12-4-3-11(19-12)8-5-9(15)13(17)10(16)6-8/h3-7,14H,18H2,1-2H3. The van der Waals surface area contributed by atoms with E-state index in [0.717, 1.165) is 17.0 Å². The molecule has 1 atom stereocenters. The van der Waals surface area contributed by atoms with Crippen LogP contribution in [0, 0.1) is 23.4 Å². The molecule has 19 heavy (non-hydrogen) atoms. The molecule has 0 bridgehead atoms. The highest BCUT2D eigenvalue weighted by molar-refractivity contribution is 7.15. The molecule has 1 heterocycles. The van der Waals surface area contributed by atoms with Gasteiger partial charge in [0.25, 0.3) is 0 Å². The predicted octanol–water partition coefficient (Wildman–Crippen LogP) is 4.49. The van der Waals surface area contributed by atoms with E-state index in [4.69, 9.17) is 5.73 Å². The maximum Gasteiger partial charge on any atom is 0.194 e. The highest BCUT2D eigenvalue weighted by Gasteiger charge is 2.16. The van der Waals surface area contributed by atoms with Gasteiger partial charge in [-0.3, -0.25) is 0 Å². The lowest BCUT2D eigenvalue weighted by atomic mass is 10.0. The lowest BCUT2D eigenvalue weighted by Crippen LogP contribution is -2.14. The third-order valence-electron chi connectivity index (χ3n) is 2.94. The molecule has 2 rings (SSSR count). The molecular weight excluding hydrogens is 271 g/mol. The van der Waals surface area contributed by atoms with Crippen LogP contribution in [0.4, 0.5) is 13.2 Å². The lowest BCUT2D eigenvalue weighted by Gasteiger charge is -2.12. The molecule has 1 unspecified atom stereocenters. The molecule has 0 aliphatic rings. The first kappa shape index (κ1) is 14.1. The topological polar surface area (TPSA) is 26.0 Å². The minimum Gasteiger partial charge on any atom is -0.323 e. The van der Waals surface area contributed by atoms with E-state index >= 15 is 0 Å². The van der Waals surface area contributed by atoms with Crippen molar-refractivity contribution in [3.8, 4) is 10.4 Å². The van der Waals surface area contributed by atoms with E-state index in [0.29, 0.717) is 10.4 Å². The van der Waals surface area contributed by atoms with E-state index in [1.165, 1.54) is 11.3 Å². The van der Waals surface area contributed by atoms with Gasteiger partial charge in [0.2, 0.25) is 0 Å².